The molecule has 0 heterocycles. The number of nitrogens with one attached hydrogen (secondary N) is 3. The zero-order chi connectivity index (χ0) is 22.0. The van der Waals surface area contributed by atoms with Crippen molar-refractivity contribution in [1.29, 1.82) is 0 Å². The van der Waals surface area contributed by atoms with Gasteiger partial charge < -0.3 is 15.4 Å². The molecule has 9 heteroatoms. The Balaban J connectivity index is 2.90. The minimum absolute atomic E-state index is 0.0224. The van der Waals surface area contributed by atoms with E-state index in [9.17, 15) is 13.2 Å². The van der Waals surface area contributed by atoms with Gasteiger partial charge in [-0.3, -0.25) is 9.52 Å². The SMILES string of the molecule is CCOc1ccc(CC(=O)NC(C)CCCC(C)C)cc1S(=O)(=O)NC(=S)NC. The molecule has 1 amide bonds. The van der Waals surface area contributed by atoms with Gasteiger partial charge in [0.05, 0.1) is 13.0 Å². The smallest absolute Gasteiger partial charge is 0.267 e. The molecule has 1 rings (SSSR count). The number of benzene rings is 1. The van der Waals surface area contributed by atoms with E-state index < -0.39 is 10.0 Å². The van der Waals surface area contributed by atoms with E-state index in [1.165, 1.54) is 13.1 Å². The highest BCUT2D eigenvalue weighted by molar-refractivity contribution is 7.92. The maximum atomic E-state index is 12.7. The first-order valence-corrected chi connectivity index (χ1v) is 11.8. The summed E-state index contributed by atoms with van der Waals surface area (Å²) in [5.41, 5.74) is 0.580. The summed E-state index contributed by atoms with van der Waals surface area (Å²) in [7, 11) is -2.41. The van der Waals surface area contributed by atoms with Crippen molar-refractivity contribution in [3.8, 4) is 5.75 Å². The zero-order valence-corrected chi connectivity index (χ0v) is 19.5. The number of rotatable bonds is 11. The molecule has 0 radical (unpaired) electrons. The topological polar surface area (TPSA) is 96.5 Å². The van der Waals surface area contributed by atoms with Gasteiger partial charge in [-0.25, -0.2) is 8.42 Å². The lowest BCUT2D eigenvalue weighted by Crippen LogP contribution is -2.37. The number of thiocarbonyl (C=S) groups is 1. The van der Waals surface area contributed by atoms with Crippen molar-refractivity contribution in [3.05, 3.63) is 23.8 Å². The largest absolute Gasteiger partial charge is 0.492 e. The third kappa shape index (κ3) is 8.99. The Morgan fingerprint density at radius 3 is 2.48 bits per heavy atom. The molecule has 0 saturated carbocycles. The molecule has 29 heavy (non-hydrogen) atoms. The molecule has 164 valence electrons. The molecule has 0 spiro atoms. The van der Waals surface area contributed by atoms with Crippen LogP contribution >= 0.6 is 12.2 Å². The number of sulfonamides is 1. The number of hydrogen-bond acceptors (Lipinski definition) is 5. The Hall–Kier alpha value is -1.87. The van der Waals surface area contributed by atoms with E-state index in [1.807, 2.05) is 6.92 Å². The lowest BCUT2D eigenvalue weighted by molar-refractivity contribution is -0.121. The predicted molar refractivity (Wildman–Crippen MR) is 120 cm³/mol. The van der Waals surface area contributed by atoms with Gasteiger partial charge in [-0.2, -0.15) is 0 Å². The van der Waals surface area contributed by atoms with Crippen molar-refractivity contribution in [2.45, 2.75) is 64.3 Å². The molecule has 7 nitrogen and oxygen atoms in total. The van der Waals surface area contributed by atoms with E-state index in [-0.39, 0.29) is 34.1 Å². The molecular weight excluding hydrogens is 410 g/mol. The molecule has 1 aromatic rings. The molecule has 1 aromatic carbocycles. The van der Waals surface area contributed by atoms with Crippen LogP contribution in [0.4, 0.5) is 0 Å². The van der Waals surface area contributed by atoms with Crippen molar-refractivity contribution in [1.82, 2.24) is 15.4 Å². The van der Waals surface area contributed by atoms with E-state index in [4.69, 9.17) is 17.0 Å². The van der Waals surface area contributed by atoms with E-state index in [1.54, 1.807) is 19.1 Å². The first kappa shape index (κ1) is 25.2. The van der Waals surface area contributed by atoms with Gasteiger partial charge in [0.2, 0.25) is 5.91 Å². The van der Waals surface area contributed by atoms with E-state index in [2.05, 4.69) is 29.2 Å². The highest BCUT2D eigenvalue weighted by Crippen LogP contribution is 2.25. The highest BCUT2D eigenvalue weighted by Gasteiger charge is 2.22. The normalized spacial score (nSPS) is 12.3. The van der Waals surface area contributed by atoms with Crippen LogP contribution in [0.15, 0.2) is 23.1 Å². The summed E-state index contributed by atoms with van der Waals surface area (Å²) < 4.78 is 33.1. The van der Waals surface area contributed by atoms with Gasteiger partial charge in [0.1, 0.15) is 10.6 Å². The van der Waals surface area contributed by atoms with Crippen LogP contribution in [-0.2, 0) is 21.2 Å². The van der Waals surface area contributed by atoms with Gasteiger partial charge >= 0.3 is 0 Å². The molecule has 0 aliphatic heterocycles. The fraction of sp³-hybridized carbons (Fsp3) is 0.600. The van der Waals surface area contributed by atoms with Crippen molar-refractivity contribution in [2.24, 2.45) is 5.92 Å². The van der Waals surface area contributed by atoms with Gasteiger partial charge in [-0.1, -0.05) is 32.8 Å². The van der Waals surface area contributed by atoms with Crippen molar-refractivity contribution >= 4 is 33.3 Å². The molecule has 1 atom stereocenters. The minimum Gasteiger partial charge on any atom is -0.492 e. The summed E-state index contributed by atoms with van der Waals surface area (Å²) in [4.78, 5) is 12.3. The number of ether oxygens (including phenoxy) is 1. The Bertz CT molecular complexity index is 795. The monoisotopic (exact) mass is 443 g/mol. The maximum Gasteiger partial charge on any atom is 0.267 e. The lowest BCUT2D eigenvalue weighted by Gasteiger charge is -2.16. The minimum atomic E-state index is -3.94. The number of amides is 1. The van der Waals surface area contributed by atoms with Crippen molar-refractivity contribution in [2.75, 3.05) is 13.7 Å². The van der Waals surface area contributed by atoms with Gasteiger partial charge in [0.25, 0.3) is 10.0 Å². The summed E-state index contributed by atoms with van der Waals surface area (Å²) in [6.45, 7) is 8.42. The maximum absolute atomic E-state index is 12.7. The summed E-state index contributed by atoms with van der Waals surface area (Å²) in [5.74, 6) is 0.713. The predicted octanol–water partition coefficient (Wildman–Crippen LogP) is 2.74. The van der Waals surface area contributed by atoms with Gasteiger partial charge in [0, 0.05) is 13.1 Å². The Kier molecular flexibility index (Phi) is 10.4. The molecule has 0 aliphatic rings. The number of carbonyl (C=O) groups excluding carboxylic acids is 1. The zero-order valence-electron chi connectivity index (χ0n) is 17.9. The van der Waals surface area contributed by atoms with Crippen LogP contribution in [-0.4, -0.2) is 39.1 Å². The highest BCUT2D eigenvalue weighted by atomic mass is 32.2. The molecule has 3 N–H and O–H groups in total. The van der Waals surface area contributed by atoms with E-state index >= 15 is 0 Å². The van der Waals surface area contributed by atoms with Crippen LogP contribution in [0, 0.1) is 5.92 Å². The van der Waals surface area contributed by atoms with Crippen molar-refractivity contribution in [3.63, 3.8) is 0 Å². The summed E-state index contributed by atoms with van der Waals surface area (Å²) >= 11 is 4.91. The van der Waals surface area contributed by atoms with Crippen molar-refractivity contribution < 1.29 is 17.9 Å². The third-order valence-corrected chi connectivity index (χ3v) is 6.05. The molecule has 1 unspecified atom stereocenters. The van der Waals surface area contributed by atoms with Crippen LogP contribution in [0.25, 0.3) is 0 Å². The number of carbonyl (C=O) groups is 1. The molecule has 0 saturated heterocycles. The standard InChI is InChI=1S/C20H33N3O4S2/c1-6-27-17-11-10-16(12-18(17)29(25,26)23-20(28)21-5)13-19(24)22-15(4)9-7-8-14(2)3/h10-12,14-15H,6-9,13H2,1-5H3,(H,22,24)(H2,21,23,28). The lowest BCUT2D eigenvalue weighted by atomic mass is 10.0. The Morgan fingerprint density at radius 2 is 1.90 bits per heavy atom. The molecule has 0 aromatic heterocycles. The van der Waals surface area contributed by atoms with Gasteiger partial charge in [-0.05, 0) is 56.1 Å². The fourth-order valence-electron chi connectivity index (χ4n) is 2.79. The third-order valence-electron chi connectivity index (χ3n) is 4.24. The fourth-order valence-corrected chi connectivity index (χ4v) is 4.27. The second-order valence-corrected chi connectivity index (χ2v) is 9.43. The van der Waals surface area contributed by atoms with Crippen LogP contribution in [0.3, 0.4) is 0 Å². The quantitative estimate of drug-likeness (QED) is 0.455. The average Bonchev–Trinajstić information content (AvgIpc) is 2.62. The van der Waals surface area contributed by atoms with Crippen LogP contribution < -0.4 is 20.1 Å². The van der Waals surface area contributed by atoms with Crippen LogP contribution in [0.2, 0.25) is 0 Å². The second-order valence-electron chi connectivity index (χ2n) is 7.37. The van der Waals surface area contributed by atoms with Crippen LogP contribution in [0.5, 0.6) is 5.75 Å². The number of hydrogen-bond donors (Lipinski definition) is 3. The Morgan fingerprint density at radius 1 is 1.21 bits per heavy atom. The second kappa shape index (κ2) is 12.0. The van der Waals surface area contributed by atoms with Gasteiger partial charge in [0.15, 0.2) is 5.11 Å². The molecule has 0 bridgehead atoms. The summed E-state index contributed by atoms with van der Waals surface area (Å²) in [6, 6.07) is 4.79. The average molecular weight is 444 g/mol. The molecular formula is C20H33N3O4S2. The first-order valence-electron chi connectivity index (χ1n) is 9.88. The van der Waals surface area contributed by atoms with Gasteiger partial charge in [-0.15, -0.1) is 0 Å². The summed E-state index contributed by atoms with van der Waals surface area (Å²) in [6.07, 6.45) is 3.18. The van der Waals surface area contributed by atoms with Crippen LogP contribution in [0.1, 0.15) is 52.5 Å². The van der Waals surface area contributed by atoms with E-state index in [0.29, 0.717) is 18.1 Å². The van der Waals surface area contributed by atoms with E-state index in [0.717, 1.165) is 19.3 Å². The molecule has 0 fully saturated rings. The molecule has 0 aliphatic carbocycles. The first-order chi connectivity index (χ1) is 13.6. The Labute approximate surface area is 180 Å². The summed E-state index contributed by atoms with van der Waals surface area (Å²) in [5, 5.41) is 5.52.